The van der Waals surface area contributed by atoms with Gasteiger partial charge in [-0.2, -0.15) is 0 Å². The van der Waals surface area contributed by atoms with Gasteiger partial charge >= 0.3 is 0 Å². The molecule has 1 aliphatic rings. The molecule has 1 aromatic carbocycles. The number of hydrogen-bond acceptors (Lipinski definition) is 2. The Kier molecular flexibility index (Phi) is 5.44. The molecule has 0 spiro atoms. The van der Waals surface area contributed by atoms with Crippen molar-refractivity contribution in [1.29, 1.82) is 0 Å². The van der Waals surface area contributed by atoms with Crippen molar-refractivity contribution >= 4 is 17.5 Å². The quantitative estimate of drug-likeness (QED) is 0.907. The van der Waals surface area contributed by atoms with Crippen molar-refractivity contribution < 1.29 is 4.79 Å². The van der Waals surface area contributed by atoms with Crippen LogP contribution in [0.3, 0.4) is 0 Å². The van der Waals surface area contributed by atoms with Gasteiger partial charge in [0.1, 0.15) is 0 Å². The Balaban J connectivity index is 1.78. The van der Waals surface area contributed by atoms with Gasteiger partial charge in [-0.1, -0.05) is 30.7 Å². The summed E-state index contributed by atoms with van der Waals surface area (Å²) in [6.45, 7) is 5.06. The third-order valence-electron chi connectivity index (χ3n) is 4.17. The average molecular weight is 295 g/mol. The highest BCUT2D eigenvalue weighted by Gasteiger charge is 2.22. The van der Waals surface area contributed by atoms with Gasteiger partial charge in [-0.15, -0.1) is 0 Å². The van der Waals surface area contributed by atoms with Crippen LogP contribution in [0, 0.1) is 11.8 Å². The third-order valence-corrected chi connectivity index (χ3v) is 4.41. The maximum atomic E-state index is 11.1. The fourth-order valence-electron chi connectivity index (χ4n) is 2.89. The minimum absolute atomic E-state index is 0.000482. The Bertz CT molecular complexity index is 456. The predicted molar refractivity (Wildman–Crippen MR) is 82.4 cm³/mol. The monoisotopic (exact) mass is 294 g/mol. The molecule has 110 valence electrons. The van der Waals surface area contributed by atoms with Crippen LogP contribution >= 0.6 is 11.6 Å². The summed E-state index contributed by atoms with van der Waals surface area (Å²) in [7, 11) is 0. The molecule has 0 aromatic heterocycles. The lowest BCUT2D eigenvalue weighted by molar-refractivity contribution is -0.121. The Morgan fingerprint density at radius 3 is 2.75 bits per heavy atom. The molecule has 4 heteroatoms. The summed E-state index contributed by atoms with van der Waals surface area (Å²) in [5, 5.41) is 0.799. The largest absolute Gasteiger partial charge is 0.369 e. The van der Waals surface area contributed by atoms with Gasteiger partial charge < -0.3 is 5.73 Å². The number of carbonyl (C=O) groups excluding carboxylic acids is 1. The summed E-state index contributed by atoms with van der Waals surface area (Å²) in [6.07, 6.45) is 3.23. The van der Waals surface area contributed by atoms with Gasteiger partial charge in [0.2, 0.25) is 5.91 Å². The van der Waals surface area contributed by atoms with E-state index >= 15 is 0 Å². The first kappa shape index (κ1) is 15.3. The molecular weight excluding hydrogens is 272 g/mol. The minimum atomic E-state index is -0.175. The first-order valence-electron chi connectivity index (χ1n) is 7.30. The molecule has 1 aliphatic heterocycles. The SMILES string of the molecule is CC(CC1CCN(Cc2cccc(Cl)c2)CC1)C(N)=O. The molecule has 3 nitrogen and oxygen atoms in total. The van der Waals surface area contributed by atoms with Crippen molar-refractivity contribution in [2.75, 3.05) is 13.1 Å². The maximum absolute atomic E-state index is 11.1. The number of piperidine rings is 1. The lowest BCUT2D eigenvalue weighted by atomic mass is 9.87. The van der Waals surface area contributed by atoms with E-state index in [0.717, 1.165) is 43.9 Å². The number of benzene rings is 1. The first-order chi connectivity index (χ1) is 9.54. The Morgan fingerprint density at radius 1 is 1.45 bits per heavy atom. The Hall–Kier alpha value is -1.06. The van der Waals surface area contributed by atoms with Gasteiger partial charge in [-0.05, 0) is 56.0 Å². The number of nitrogens with zero attached hydrogens (tertiary/aromatic N) is 1. The number of hydrogen-bond donors (Lipinski definition) is 1. The van der Waals surface area contributed by atoms with Gasteiger partial charge in [-0.25, -0.2) is 0 Å². The molecule has 0 aliphatic carbocycles. The number of nitrogens with two attached hydrogens (primary N) is 1. The van der Waals surface area contributed by atoms with E-state index in [1.165, 1.54) is 5.56 Å². The molecule has 1 aromatic rings. The number of rotatable bonds is 5. The van der Waals surface area contributed by atoms with E-state index < -0.39 is 0 Å². The van der Waals surface area contributed by atoms with E-state index in [4.69, 9.17) is 17.3 Å². The predicted octanol–water partition coefficient (Wildman–Crippen LogP) is 3.06. The lowest BCUT2D eigenvalue weighted by Gasteiger charge is -2.32. The molecule has 1 saturated heterocycles. The molecule has 0 radical (unpaired) electrons. The molecule has 0 saturated carbocycles. The zero-order chi connectivity index (χ0) is 14.5. The second-order valence-corrected chi connectivity index (χ2v) is 6.32. The van der Waals surface area contributed by atoms with E-state index in [-0.39, 0.29) is 11.8 Å². The summed E-state index contributed by atoms with van der Waals surface area (Å²) >= 11 is 6.01. The molecular formula is C16H23ClN2O. The third kappa shape index (κ3) is 4.50. The Labute approximate surface area is 126 Å². The van der Waals surface area contributed by atoms with Crippen molar-refractivity contribution in [3.8, 4) is 0 Å². The highest BCUT2D eigenvalue weighted by molar-refractivity contribution is 6.30. The van der Waals surface area contributed by atoms with E-state index in [2.05, 4.69) is 11.0 Å². The second-order valence-electron chi connectivity index (χ2n) is 5.89. The number of likely N-dealkylation sites (tertiary alicyclic amines) is 1. The van der Waals surface area contributed by atoms with E-state index in [1.54, 1.807) is 0 Å². The normalized spacial score (nSPS) is 18.9. The summed E-state index contributed by atoms with van der Waals surface area (Å²) in [6, 6.07) is 8.05. The summed E-state index contributed by atoms with van der Waals surface area (Å²) < 4.78 is 0. The van der Waals surface area contributed by atoms with Crippen LogP contribution in [-0.2, 0) is 11.3 Å². The van der Waals surface area contributed by atoms with Gasteiger partial charge in [0, 0.05) is 17.5 Å². The fourth-order valence-corrected chi connectivity index (χ4v) is 3.10. The summed E-state index contributed by atoms with van der Waals surface area (Å²) in [4.78, 5) is 13.6. The summed E-state index contributed by atoms with van der Waals surface area (Å²) in [5.74, 6) is 0.457. The Morgan fingerprint density at radius 2 is 2.15 bits per heavy atom. The molecule has 1 atom stereocenters. The number of amides is 1. The van der Waals surface area contributed by atoms with Gasteiger partial charge in [-0.3, -0.25) is 9.69 Å². The van der Waals surface area contributed by atoms with Crippen LogP contribution in [0.4, 0.5) is 0 Å². The van der Waals surface area contributed by atoms with Gasteiger partial charge in [0.05, 0.1) is 0 Å². The van der Waals surface area contributed by atoms with Crippen LogP contribution in [0.1, 0.15) is 31.7 Å². The molecule has 20 heavy (non-hydrogen) atoms. The maximum Gasteiger partial charge on any atom is 0.220 e. The molecule has 2 rings (SSSR count). The molecule has 1 unspecified atom stereocenters. The van der Waals surface area contributed by atoms with Gasteiger partial charge in [0.15, 0.2) is 0 Å². The van der Waals surface area contributed by atoms with Crippen LogP contribution < -0.4 is 5.73 Å². The van der Waals surface area contributed by atoms with Crippen molar-refractivity contribution in [2.24, 2.45) is 17.6 Å². The van der Waals surface area contributed by atoms with Crippen molar-refractivity contribution in [1.82, 2.24) is 4.90 Å². The van der Waals surface area contributed by atoms with E-state index in [1.807, 2.05) is 25.1 Å². The first-order valence-corrected chi connectivity index (χ1v) is 7.68. The summed E-state index contributed by atoms with van der Waals surface area (Å²) in [5.41, 5.74) is 6.60. The molecule has 2 N–H and O–H groups in total. The number of halogens is 1. The zero-order valence-corrected chi connectivity index (χ0v) is 12.8. The lowest BCUT2D eigenvalue weighted by Crippen LogP contribution is -2.34. The van der Waals surface area contributed by atoms with E-state index in [9.17, 15) is 4.79 Å². The van der Waals surface area contributed by atoms with E-state index in [0.29, 0.717) is 5.92 Å². The van der Waals surface area contributed by atoms with Crippen LogP contribution in [0.15, 0.2) is 24.3 Å². The highest BCUT2D eigenvalue weighted by atomic mass is 35.5. The standard InChI is InChI=1S/C16H23ClN2O/c1-12(16(18)20)9-13-5-7-19(8-6-13)11-14-3-2-4-15(17)10-14/h2-4,10,12-13H,5-9,11H2,1H3,(H2,18,20). The van der Waals surface area contributed by atoms with Crippen molar-refractivity contribution in [3.63, 3.8) is 0 Å². The minimum Gasteiger partial charge on any atom is -0.369 e. The molecule has 1 fully saturated rings. The second kappa shape index (κ2) is 7.09. The number of carbonyl (C=O) groups is 1. The van der Waals surface area contributed by atoms with Crippen LogP contribution in [0.25, 0.3) is 0 Å². The average Bonchev–Trinajstić information content (AvgIpc) is 2.41. The zero-order valence-electron chi connectivity index (χ0n) is 12.0. The van der Waals surface area contributed by atoms with Gasteiger partial charge in [0.25, 0.3) is 0 Å². The molecule has 1 amide bonds. The van der Waals surface area contributed by atoms with Crippen LogP contribution in [0.5, 0.6) is 0 Å². The smallest absolute Gasteiger partial charge is 0.220 e. The van der Waals surface area contributed by atoms with Crippen molar-refractivity contribution in [2.45, 2.75) is 32.7 Å². The topological polar surface area (TPSA) is 46.3 Å². The fraction of sp³-hybridized carbons (Fsp3) is 0.562. The molecule has 1 heterocycles. The van der Waals surface area contributed by atoms with Crippen molar-refractivity contribution in [3.05, 3.63) is 34.9 Å². The highest BCUT2D eigenvalue weighted by Crippen LogP contribution is 2.25. The number of primary amides is 1. The van der Waals surface area contributed by atoms with Crippen LogP contribution in [0.2, 0.25) is 5.02 Å². The van der Waals surface area contributed by atoms with Crippen LogP contribution in [-0.4, -0.2) is 23.9 Å². The molecule has 0 bridgehead atoms.